The first-order chi connectivity index (χ1) is 10.0. The van der Waals surface area contributed by atoms with Gasteiger partial charge >= 0.3 is 0 Å². The molecule has 0 aliphatic heterocycles. The molecule has 0 radical (unpaired) electrons. The van der Waals surface area contributed by atoms with Crippen molar-refractivity contribution in [2.45, 2.75) is 51.1 Å². The molecule has 0 saturated heterocycles. The Morgan fingerprint density at radius 2 is 2.19 bits per heavy atom. The van der Waals surface area contributed by atoms with Crippen molar-refractivity contribution >= 4 is 5.91 Å². The molecular formula is C16H22F2N2O. The number of amides is 1. The lowest BCUT2D eigenvalue weighted by atomic mass is 9.98. The van der Waals surface area contributed by atoms with Crippen molar-refractivity contribution in [3.05, 3.63) is 35.4 Å². The van der Waals surface area contributed by atoms with Crippen LogP contribution in [0.3, 0.4) is 0 Å². The van der Waals surface area contributed by atoms with Crippen LogP contribution < -0.4 is 11.1 Å². The van der Waals surface area contributed by atoms with Gasteiger partial charge < -0.3 is 11.1 Å². The number of hydrogen-bond acceptors (Lipinski definition) is 2. The van der Waals surface area contributed by atoms with E-state index in [4.69, 9.17) is 5.73 Å². The lowest BCUT2D eigenvalue weighted by molar-refractivity contribution is -0.122. The number of hydrogen-bond donors (Lipinski definition) is 2. The molecule has 0 heterocycles. The first kappa shape index (κ1) is 15.9. The molecule has 1 aromatic carbocycles. The van der Waals surface area contributed by atoms with Crippen molar-refractivity contribution in [1.82, 2.24) is 5.32 Å². The Hall–Kier alpha value is -1.49. The lowest BCUT2D eigenvalue weighted by Gasteiger charge is -2.20. The number of halogens is 2. The third-order valence-corrected chi connectivity index (χ3v) is 4.24. The molecule has 1 aromatic rings. The van der Waals surface area contributed by atoms with Crippen LogP contribution in [-0.2, 0) is 4.79 Å². The topological polar surface area (TPSA) is 55.1 Å². The summed E-state index contributed by atoms with van der Waals surface area (Å²) in [7, 11) is 0. The summed E-state index contributed by atoms with van der Waals surface area (Å²) in [4.78, 5) is 12.1. The van der Waals surface area contributed by atoms with Gasteiger partial charge in [0.25, 0.3) is 0 Å². The monoisotopic (exact) mass is 296 g/mol. The zero-order valence-corrected chi connectivity index (χ0v) is 12.2. The fourth-order valence-electron chi connectivity index (χ4n) is 2.99. The van der Waals surface area contributed by atoms with Crippen molar-refractivity contribution in [3.8, 4) is 0 Å². The number of nitrogens with one attached hydrogen (secondary N) is 1. The van der Waals surface area contributed by atoms with Gasteiger partial charge in [0.1, 0.15) is 11.6 Å². The summed E-state index contributed by atoms with van der Waals surface area (Å²) in [5.41, 5.74) is 6.15. The lowest BCUT2D eigenvalue weighted by Crippen LogP contribution is -2.33. The number of rotatable bonds is 5. The molecule has 3 nitrogen and oxygen atoms in total. The van der Waals surface area contributed by atoms with Gasteiger partial charge in [0.2, 0.25) is 5.91 Å². The Morgan fingerprint density at radius 1 is 1.43 bits per heavy atom. The van der Waals surface area contributed by atoms with Crippen LogP contribution in [-0.4, -0.2) is 11.9 Å². The van der Waals surface area contributed by atoms with E-state index in [0.717, 1.165) is 37.5 Å². The van der Waals surface area contributed by atoms with Gasteiger partial charge in [0.05, 0.1) is 6.04 Å². The van der Waals surface area contributed by atoms with Crippen LogP contribution in [0, 0.1) is 17.6 Å². The minimum Gasteiger partial charge on any atom is -0.349 e. The van der Waals surface area contributed by atoms with Gasteiger partial charge in [-0.25, -0.2) is 8.78 Å². The van der Waals surface area contributed by atoms with Crippen LogP contribution in [0.2, 0.25) is 0 Å². The highest BCUT2D eigenvalue weighted by molar-refractivity contribution is 5.76. The second-order valence-electron chi connectivity index (χ2n) is 5.75. The van der Waals surface area contributed by atoms with Gasteiger partial charge in [0.15, 0.2) is 0 Å². The van der Waals surface area contributed by atoms with Crippen LogP contribution in [0.1, 0.15) is 50.6 Å². The van der Waals surface area contributed by atoms with Gasteiger partial charge in [-0.2, -0.15) is 0 Å². The highest BCUT2D eigenvalue weighted by Gasteiger charge is 2.27. The highest BCUT2D eigenvalue weighted by Crippen LogP contribution is 2.27. The zero-order chi connectivity index (χ0) is 15.4. The molecule has 3 N–H and O–H groups in total. The molecule has 1 fully saturated rings. The minimum absolute atomic E-state index is 0.0710. The van der Waals surface area contributed by atoms with Crippen molar-refractivity contribution < 1.29 is 13.6 Å². The molecule has 1 aliphatic carbocycles. The van der Waals surface area contributed by atoms with Crippen LogP contribution in [0.4, 0.5) is 8.78 Å². The Kier molecular flexibility index (Phi) is 5.28. The van der Waals surface area contributed by atoms with E-state index in [-0.39, 0.29) is 23.4 Å². The predicted octanol–water partition coefficient (Wildman–Crippen LogP) is 3.05. The normalized spacial score (nSPS) is 23.0. The molecule has 1 aliphatic rings. The Labute approximate surface area is 123 Å². The molecular weight excluding hydrogens is 274 g/mol. The maximum absolute atomic E-state index is 13.8. The van der Waals surface area contributed by atoms with Crippen molar-refractivity contribution in [2.75, 3.05) is 0 Å². The first-order valence-corrected chi connectivity index (χ1v) is 7.51. The van der Waals surface area contributed by atoms with E-state index in [0.29, 0.717) is 12.8 Å². The predicted molar refractivity (Wildman–Crippen MR) is 77.5 cm³/mol. The van der Waals surface area contributed by atoms with E-state index in [9.17, 15) is 13.6 Å². The van der Waals surface area contributed by atoms with E-state index in [1.807, 2.05) is 6.92 Å². The van der Waals surface area contributed by atoms with Crippen LogP contribution in [0.5, 0.6) is 0 Å². The minimum atomic E-state index is -0.508. The number of carbonyl (C=O) groups is 1. The molecule has 1 amide bonds. The summed E-state index contributed by atoms with van der Waals surface area (Å²) in [6.07, 6.45) is 3.82. The summed E-state index contributed by atoms with van der Waals surface area (Å²) in [6.45, 7) is 1.83. The van der Waals surface area contributed by atoms with E-state index in [2.05, 4.69) is 5.32 Å². The second-order valence-corrected chi connectivity index (χ2v) is 5.75. The molecule has 0 aromatic heterocycles. The molecule has 21 heavy (non-hydrogen) atoms. The van der Waals surface area contributed by atoms with Gasteiger partial charge in [0, 0.05) is 18.0 Å². The fourth-order valence-corrected chi connectivity index (χ4v) is 2.99. The van der Waals surface area contributed by atoms with Crippen molar-refractivity contribution in [3.63, 3.8) is 0 Å². The van der Waals surface area contributed by atoms with E-state index >= 15 is 0 Å². The van der Waals surface area contributed by atoms with Crippen molar-refractivity contribution in [2.24, 2.45) is 11.7 Å². The maximum Gasteiger partial charge on any atom is 0.220 e. The average Bonchev–Trinajstić information content (AvgIpc) is 2.84. The van der Waals surface area contributed by atoms with Crippen molar-refractivity contribution in [1.29, 1.82) is 0 Å². The van der Waals surface area contributed by atoms with Gasteiger partial charge in [-0.05, 0) is 43.4 Å². The Balaban J connectivity index is 2.01. The molecule has 3 atom stereocenters. The standard InChI is InChI=1S/C16H22F2N2O/c1-2-15(12-9-11(17)6-7-13(12)18)20-16(21)8-10-4-3-5-14(10)19/h6-7,9-10,14-15H,2-5,8,19H2,1H3,(H,20,21)/t10-,14+,15?/m0/s1. The van der Waals surface area contributed by atoms with Gasteiger partial charge in [-0.1, -0.05) is 13.3 Å². The third kappa shape index (κ3) is 4.00. The molecule has 1 unspecified atom stereocenters. The molecule has 5 heteroatoms. The number of nitrogens with two attached hydrogens (primary N) is 1. The molecule has 0 spiro atoms. The molecule has 0 bridgehead atoms. The third-order valence-electron chi connectivity index (χ3n) is 4.24. The smallest absolute Gasteiger partial charge is 0.220 e. The van der Waals surface area contributed by atoms with E-state index in [1.54, 1.807) is 0 Å². The quantitative estimate of drug-likeness (QED) is 0.877. The maximum atomic E-state index is 13.8. The van der Waals surface area contributed by atoms with Crippen LogP contribution >= 0.6 is 0 Å². The van der Waals surface area contributed by atoms with Crippen LogP contribution in [0.25, 0.3) is 0 Å². The summed E-state index contributed by atoms with van der Waals surface area (Å²) in [6, 6.07) is 2.87. The summed E-state index contributed by atoms with van der Waals surface area (Å²) < 4.78 is 27.1. The SMILES string of the molecule is CCC(NC(=O)C[C@@H]1CCC[C@H]1N)c1cc(F)ccc1F. The molecule has 2 rings (SSSR count). The summed E-state index contributed by atoms with van der Waals surface area (Å²) >= 11 is 0. The van der Waals surface area contributed by atoms with Gasteiger partial charge in [-0.15, -0.1) is 0 Å². The zero-order valence-electron chi connectivity index (χ0n) is 12.2. The Bertz CT molecular complexity index is 507. The number of benzene rings is 1. The van der Waals surface area contributed by atoms with Crippen LogP contribution in [0.15, 0.2) is 18.2 Å². The Morgan fingerprint density at radius 3 is 2.81 bits per heavy atom. The van der Waals surface area contributed by atoms with Gasteiger partial charge in [-0.3, -0.25) is 4.79 Å². The number of carbonyl (C=O) groups excluding carboxylic acids is 1. The average molecular weight is 296 g/mol. The summed E-state index contributed by atoms with van der Waals surface area (Å²) in [5, 5.41) is 2.80. The van der Waals surface area contributed by atoms with E-state index in [1.165, 1.54) is 0 Å². The molecule has 1 saturated carbocycles. The highest BCUT2D eigenvalue weighted by atomic mass is 19.1. The van der Waals surface area contributed by atoms with E-state index < -0.39 is 17.7 Å². The second kappa shape index (κ2) is 6.98. The largest absolute Gasteiger partial charge is 0.349 e. The molecule has 116 valence electrons. The summed E-state index contributed by atoms with van der Waals surface area (Å²) in [5.74, 6) is -0.953. The first-order valence-electron chi connectivity index (χ1n) is 7.51. The fraction of sp³-hybridized carbons (Fsp3) is 0.562.